The molecule has 13 heavy (non-hydrogen) atoms. The van der Waals surface area contributed by atoms with Crippen molar-refractivity contribution >= 4 is 23.4 Å². The molecule has 0 amide bonds. The lowest BCUT2D eigenvalue weighted by atomic mass is 10.4. The van der Waals surface area contributed by atoms with Gasteiger partial charge >= 0.3 is 5.97 Å². The number of pyridine rings is 1. The van der Waals surface area contributed by atoms with Gasteiger partial charge in [-0.15, -0.1) is 11.8 Å². The predicted molar refractivity (Wildman–Crippen MR) is 51.6 cm³/mol. The lowest BCUT2D eigenvalue weighted by Gasteiger charge is -2.07. The third-order valence-electron chi connectivity index (χ3n) is 1.46. The number of carboxylic acid groups (broad SMARTS) is 1. The second-order valence-electron chi connectivity index (χ2n) is 2.51. The van der Waals surface area contributed by atoms with Crippen LogP contribution in [0, 0.1) is 0 Å². The van der Waals surface area contributed by atoms with Gasteiger partial charge in [-0.1, -0.05) is 0 Å². The Morgan fingerprint density at radius 2 is 2.46 bits per heavy atom. The molecule has 0 fully saturated rings. The fraction of sp³-hybridized carbons (Fsp3) is 0.250. The molecule has 0 aromatic carbocycles. The molecule has 0 aliphatic heterocycles. The van der Waals surface area contributed by atoms with Crippen molar-refractivity contribution in [2.75, 3.05) is 5.73 Å². The molecule has 5 heteroatoms. The first-order chi connectivity index (χ1) is 6.11. The minimum absolute atomic E-state index is 0.496. The Morgan fingerprint density at radius 1 is 1.77 bits per heavy atom. The Bertz CT molecular complexity index is 317. The Hall–Kier alpha value is -1.23. The van der Waals surface area contributed by atoms with Crippen LogP contribution in [0.5, 0.6) is 0 Å². The smallest absolute Gasteiger partial charge is 0.316 e. The van der Waals surface area contributed by atoms with Crippen molar-refractivity contribution in [1.82, 2.24) is 4.98 Å². The van der Waals surface area contributed by atoms with E-state index in [4.69, 9.17) is 10.8 Å². The van der Waals surface area contributed by atoms with Gasteiger partial charge in [0.25, 0.3) is 0 Å². The fourth-order valence-electron chi connectivity index (χ4n) is 0.742. The van der Waals surface area contributed by atoms with Gasteiger partial charge < -0.3 is 10.8 Å². The third-order valence-corrected chi connectivity index (χ3v) is 2.64. The Kier molecular flexibility index (Phi) is 3.13. The van der Waals surface area contributed by atoms with Crippen molar-refractivity contribution in [2.45, 2.75) is 17.1 Å². The topological polar surface area (TPSA) is 76.2 Å². The summed E-state index contributed by atoms with van der Waals surface area (Å²) in [5.41, 5.74) is 6.11. The average Bonchev–Trinajstić information content (AvgIpc) is 2.08. The highest BCUT2D eigenvalue weighted by Gasteiger charge is 2.13. The largest absolute Gasteiger partial charge is 0.480 e. The number of hydrogen-bond acceptors (Lipinski definition) is 4. The summed E-state index contributed by atoms with van der Waals surface area (Å²) in [7, 11) is 0. The van der Waals surface area contributed by atoms with E-state index in [1.165, 1.54) is 18.0 Å². The van der Waals surface area contributed by atoms with Gasteiger partial charge in [0.2, 0.25) is 0 Å². The first kappa shape index (κ1) is 9.85. The van der Waals surface area contributed by atoms with Crippen molar-refractivity contribution in [3.05, 3.63) is 18.5 Å². The van der Waals surface area contributed by atoms with E-state index in [1.54, 1.807) is 19.2 Å². The van der Waals surface area contributed by atoms with Crippen LogP contribution < -0.4 is 5.73 Å². The van der Waals surface area contributed by atoms with Gasteiger partial charge in [-0.2, -0.15) is 0 Å². The van der Waals surface area contributed by atoms with Crippen LogP contribution in [-0.4, -0.2) is 21.3 Å². The summed E-state index contributed by atoms with van der Waals surface area (Å²) in [6.45, 7) is 1.62. The molecule has 1 rings (SSSR count). The summed E-state index contributed by atoms with van der Waals surface area (Å²) >= 11 is 1.21. The van der Waals surface area contributed by atoms with Crippen LogP contribution in [0.4, 0.5) is 5.69 Å². The SMILES string of the molecule is CC(Sc1ccncc1N)C(=O)O. The molecule has 1 unspecified atom stereocenters. The Morgan fingerprint density at radius 3 is 3.00 bits per heavy atom. The van der Waals surface area contributed by atoms with Gasteiger partial charge in [0.1, 0.15) is 5.25 Å². The molecule has 0 aliphatic carbocycles. The lowest BCUT2D eigenvalue weighted by molar-refractivity contribution is -0.136. The van der Waals surface area contributed by atoms with Gasteiger partial charge in [0.15, 0.2) is 0 Å². The molecule has 70 valence electrons. The van der Waals surface area contributed by atoms with Crippen LogP contribution in [0.3, 0.4) is 0 Å². The molecule has 1 heterocycles. The van der Waals surface area contributed by atoms with Crippen molar-refractivity contribution in [2.24, 2.45) is 0 Å². The second kappa shape index (κ2) is 4.13. The van der Waals surface area contributed by atoms with E-state index in [1.807, 2.05) is 0 Å². The van der Waals surface area contributed by atoms with Crippen molar-refractivity contribution in [3.63, 3.8) is 0 Å². The average molecular weight is 198 g/mol. The second-order valence-corrected chi connectivity index (χ2v) is 3.89. The number of nitrogens with two attached hydrogens (primary N) is 1. The number of rotatable bonds is 3. The summed E-state index contributed by atoms with van der Waals surface area (Å²) in [4.78, 5) is 15.1. The molecule has 0 saturated heterocycles. The highest BCUT2D eigenvalue weighted by Crippen LogP contribution is 2.27. The van der Waals surface area contributed by atoms with Gasteiger partial charge in [-0.3, -0.25) is 9.78 Å². The maximum Gasteiger partial charge on any atom is 0.316 e. The maximum absolute atomic E-state index is 10.5. The zero-order valence-electron chi connectivity index (χ0n) is 7.10. The molecule has 0 bridgehead atoms. The number of hydrogen-bond donors (Lipinski definition) is 2. The molecule has 1 aromatic rings. The van der Waals surface area contributed by atoms with Crippen molar-refractivity contribution in [1.29, 1.82) is 0 Å². The number of aliphatic carboxylic acids is 1. The van der Waals surface area contributed by atoms with Gasteiger partial charge in [0, 0.05) is 11.1 Å². The minimum atomic E-state index is -0.846. The lowest BCUT2D eigenvalue weighted by Crippen LogP contribution is -2.11. The summed E-state index contributed by atoms with van der Waals surface area (Å²) in [6.07, 6.45) is 3.10. The summed E-state index contributed by atoms with van der Waals surface area (Å²) in [6, 6.07) is 1.71. The molecular formula is C8H10N2O2S. The number of carbonyl (C=O) groups is 1. The third kappa shape index (κ3) is 2.62. The molecule has 0 spiro atoms. The number of nitrogens with zero attached hydrogens (tertiary/aromatic N) is 1. The molecule has 0 saturated carbocycles. The predicted octanol–water partition coefficient (Wildman–Crippen LogP) is 1.23. The minimum Gasteiger partial charge on any atom is -0.480 e. The van der Waals surface area contributed by atoms with E-state index in [-0.39, 0.29) is 0 Å². The van der Waals surface area contributed by atoms with Gasteiger partial charge in [0.05, 0.1) is 11.9 Å². The van der Waals surface area contributed by atoms with Crippen LogP contribution >= 0.6 is 11.8 Å². The quantitative estimate of drug-likeness (QED) is 0.714. The number of nitrogen functional groups attached to an aromatic ring is 1. The summed E-state index contributed by atoms with van der Waals surface area (Å²) < 4.78 is 0. The van der Waals surface area contributed by atoms with Gasteiger partial charge in [-0.05, 0) is 13.0 Å². The Balaban J connectivity index is 2.74. The molecule has 0 radical (unpaired) electrons. The zero-order chi connectivity index (χ0) is 9.84. The first-order valence-electron chi connectivity index (χ1n) is 3.70. The molecule has 1 atom stereocenters. The summed E-state index contributed by atoms with van der Waals surface area (Å²) in [5.74, 6) is -0.846. The van der Waals surface area contributed by atoms with E-state index >= 15 is 0 Å². The zero-order valence-corrected chi connectivity index (χ0v) is 7.91. The maximum atomic E-state index is 10.5. The van der Waals surface area contributed by atoms with E-state index in [2.05, 4.69) is 4.98 Å². The first-order valence-corrected chi connectivity index (χ1v) is 4.58. The monoisotopic (exact) mass is 198 g/mol. The van der Waals surface area contributed by atoms with Crippen LogP contribution in [-0.2, 0) is 4.79 Å². The van der Waals surface area contributed by atoms with E-state index in [0.29, 0.717) is 5.69 Å². The number of anilines is 1. The molecule has 1 aromatic heterocycles. The molecule has 4 nitrogen and oxygen atoms in total. The molecule has 0 aliphatic rings. The van der Waals surface area contributed by atoms with Crippen LogP contribution in [0.15, 0.2) is 23.4 Å². The van der Waals surface area contributed by atoms with E-state index in [0.717, 1.165) is 4.90 Å². The summed E-state index contributed by atoms with van der Waals surface area (Å²) in [5, 5.41) is 8.16. The van der Waals surface area contributed by atoms with E-state index in [9.17, 15) is 4.79 Å². The van der Waals surface area contributed by atoms with Crippen LogP contribution in [0.25, 0.3) is 0 Å². The number of thioether (sulfide) groups is 1. The van der Waals surface area contributed by atoms with E-state index < -0.39 is 11.2 Å². The van der Waals surface area contributed by atoms with Crippen molar-refractivity contribution < 1.29 is 9.90 Å². The van der Waals surface area contributed by atoms with Crippen molar-refractivity contribution in [3.8, 4) is 0 Å². The normalized spacial score (nSPS) is 12.4. The fourth-order valence-corrected chi connectivity index (χ4v) is 1.55. The Labute approximate surface area is 80.2 Å². The highest BCUT2D eigenvalue weighted by atomic mass is 32.2. The standard InChI is InChI=1S/C8H10N2O2S/c1-5(8(11)12)13-7-2-3-10-4-6(7)9/h2-5H,9H2,1H3,(H,11,12). The highest BCUT2D eigenvalue weighted by molar-refractivity contribution is 8.00. The molecule has 3 N–H and O–H groups in total. The molecular weight excluding hydrogens is 188 g/mol. The number of aromatic nitrogens is 1. The van der Waals surface area contributed by atoms with Crippen LogP contribution in [0.2, 0.25) is 0 Å². The van der Waals surface area contributed by atoms with Gasteiger partial charge in [-0.25, -0.2) is 0 Å². The van der Waals surface area contributed by atoms with Crippen LogP contribution in [0.1, 0.15) is 6.92 Å². The number of carboxylic acids is 1.